The SMILES string of the molecule is CC(C)NC(=O)N1CC[C@]2(CCn3c2nc2c(c3=O)CN(C(=O)c3cccn3C)CC2)C1. The van der Waals surface area contributed by atoms with Gasteiger partial charge in [-0.25, -0.2) is 9.78 Å². The number of aromatic nitrogens is 3. The molecule has 1 N–H and O–H groups in total. The lowest BCUT2D eigenvalue weighted by Crippen LogP contribution is -2.44. The van der Waals surface area contributed by atoms with Gasteiger partial charge in [-0.2, -0.15) is 0 Å². The highest BCUT2D eigenvalue weighted by atomic mass is 16.2. The quantitative estimate of drug-likeness (QED) is 0.764. The Hall–Kier alpha value is -3.10. The first-order chi connectivity index (χ1) is 15.3. The first kappa shape index (κ1) is 20.8. The van der Waals surface area contributed by atoms with Crippen molar-refractivity contribution in [3.8, 4) is 0 Å². The van der Waals surface area contributed by atoms with E-state index in [9.17, 15) is 14.4 Å². The second-order valence-corrected chi connectivity index (χ2v) is 9.60. The van der Waals surface area contributed by atoms with E-state index in [1.807, 2.05) is 38.1 Å². The summed E-state index contributed by atoms with van der Waals surface area (Å²) in [6.07, 6.45) is 4.06. The van der Waals surface area contributed by atoms with E-state index >= 15 is 0 Å². The van der Waals surface area contributed by atoms with Gasteiger partial charge < -0.3 is 19.7 Å². The summed E-state index contributed by atoms with van der Waals surface area (Å²) in [7, 11) is 1.85. The van der Waals surface area contributed by atoms with Crippen molar-refractivity contribution in [3.05, 3.63) is 51.5 Å². The molecule has 3 aliphatic heterocycles. The van der Waals surface area contributed by atoms with Gasteiger partial charge in [0.25, 0.3) is 11.5 Å². The molecule has 170 valence electrons. The molecular formula is C23H30N6O3. The number of amides is 3. The van der Waals surface area contributed by atoms with Crippen LogP contribution < -0.4 is 10.9 Å². The van der Waals surface area contributed by atoms with Crippen molar-refractivity contribution >= 4 is 11.9 Å². The molecule has 2 aromatic heterocycles. The Morgan fingerprint density at radius 1 is 1.16 bits per heavy atom. The molecule has 1 fully saturated rings. The van der Waals surface area contributed by atoms with Crippen LogP contribution in [0.15, 0.2) is 23.1 Å². The number of carbonyl (C=O) groups excluding carboxylic acids is 2. The summed E-state index contributed by atoms with van der Waals surface area (Å²) in [4.78, 5) is 47.5. The largest absolute Gasteiger partial charge is 0.347 e. The molecule has 1 saturated heterocycles. The maximum absolute atomic E-state index is 13.4. The lowest BCUT2D eigenvalue weighted by molar-refractivity contribution is 0.0722. The zero-order valence-corrected chi connectivity index (χ0v) is 18.9. The van der Waals surface area contributed by atoms with Gasteiger partial charge in [0.15, 0.2) is 0 Å². The highest BCUT2D eigenvalue weighted by molar-refractivity contribution is 5.92. The topological polar surface area (TPSA) is 92.5 Å². The molecule has 0 unspecified atom stereocenters. The number of likely N-dealkylation sites (tertiary alicyclic amines) is 1. The molecule has 0 aromatic carbocycles. The Kier molecular flexibility index (Phi) is 4.87. The van der Waals surface area contributed by atoms with Crippen molar-refractivity contribution in [2.24, 2.45) is 7.05 Å². The average molecular weight is 439 g/mol. The minimum Gasteiger partial charge on any atom is -0.347 e. The summed E-state index contributed by atoms with van der Waals surface area (Å²) >= 11 is 0. The van der Waals surface area contributed by atoms with Crippen molar-refractivity contribution in [2.45, 2.75) is 57.7 Å². The normalized spacial score (nSPS) is 21.9. The summed E-state index contributed by atoms with van der Waals surface area (Å²) in [5.41, 5.74) is 1.78. The number of aryl methyl sites for hydroxylation is 1. The van der Waals surface area contributed by atoms with Crippen LogP contribution in [0.1, 0.15) is 54.3 Å². The minimum absolute atomic E-state index is 0.0312. The Labute approximate surface area is 187 Å². The van der Waals surface area contributed by atoms with E-state index in [0.29, 0.717) is 50.4 Å². The van der Waals surface area contributed by atoms with Crippen LogP contribution in [-0.2, 0) is 32.0 Å². The Balaban J connectivity index is 1.41. The molecule has 1 atom stereocenters. The Bertz CT molecular complexity index is 1150. The third-order valence-electron chi connectivity index (χ3n) is 7.11. The maximum atomic E-state index is 13.4. The van der Waals surface area contributed by atoms with Gasteiger partial charge >= 0.3 is 6.03 Å². The van der Waals surface area contributed by atoms with Crippen LogP contribution in [0.5, 0.6) is 0 Å². The summed E-state index contributed by atoms with van der Waals surface area (Å²) in [6.45, 7) is 6.62. The number of carbonyl (C=O) groups is 2. The molecule has 9 heteroatoms. The molecule has 9 nitrogen and oxygen atoms in total. The van der Waals surface area contributed by atoms with Crippen molar-refractivity contribution in [1.82, 2.24) is 29.2 Å². The van der Waals surface area contributed by atoms with Crippen LogP contribution in [0.2, 0.25) is 0 Å². The van der Waals surface area contributed by atoms with Crippen LogP contribution in [0.4, 0.5) is 4.79 Å². The highest BCUT2D eigenvalue weighted by Gasteiger charge is 2.48. The van der Waals surface area contributed by atoms with E-state index in [4.69, 9.17) is 4.98 Å². The minimum atomic E-state index is -0.251. The van der Waals surface area contributed by atoms with Crippen molar-refractivity contribution in [1.29, 1.82) is 0 Å². The van der Waals surface area contributed by atoms with Gasteiger partial charge in [0.05, 0.1) is 17.8 Å². The van der Waals surface area contributed by atoms with Crippen LogP contribution >= 0.6 is 0 Å². The van der Waals surface area contributed by atoms with Crippen LogP contribution in [0, 0.1) is 0 Å². The molecular weight excluding hydrogens is 408 g/mol. The summed E-state index contributed by atoms with van der Waals surface area (Å²) < 4.78 is 3.59. The number of fused-ring (bicyclic) bond motifs is 3. The number of rotatable bonds is 2. The lowest BCUT2D eigenvalue weighted by Gasteiger charge is -2.30. The smallest absolute Gasteiger partial charge is 0.317 e. The fourth-order valence-corrected chi connectivity index (χ4v) is 5.35. The van der Waals surface area contributed by atoms with Crippen molar-refractivity contribution in [3.63, 3.8) is 0 Å². The van der Waals surface area contributed by atoms with Crippen molar-refractivity contribution in [2.75, 3.05) is 19.6 Å². The number of nitrogens with zero attached hydrogens (tertiary/aromatic N) is 5. The van der Waals surface area contributed by atoms with Crippen LogP contribution in [-0.4, -0.2) is 61.5 Å². The van der Waals surface area contributed by atoms with E-state index < -0.39 is 0 Å². The standard InChI is InChI=1S/C23H30N6O3/c1-15(2)24-22(32)28-11-7-23(14-28)8-12-29-19(30)16-13-27(10-6-17(16)25-21(23)29)20(31)18-5-4-9-26(18)3/h4-5,9,15H,6-8,10-14H2,1-3H3,(H,24,32)/t23-/m0/s1. The second-order valence-electron chi connectivity index (χ2n) is 9.60. The maximum Gasteiger partial charge on any atom is 0.317 e. The number of urea groups is 1. The molecule has 0 aliphatic carbocycles. The van der Waals surface area contributed by atoms with E-state index in [2.05, 4.69) is 5.32 Å². The van der Waals surface area contributed by atoms with E-state index in [-0.39, 0.29) is 29.0 Å². The Morgan fingerprint density at radius 2 is 1.94 bits per heavy atom. The van der Waals surface area contributed by atoms with Gasteiger partial charge in [-0.1, -0.05) is 0 Å². The Morgan fingerprint density at radius 3 is 2.66 bits per heavy atom. The van der Waals surface area contributed by atoms with Gasteiger partial charge in [0.1, 0.15) is 11.5 Å². The molecule has 0 saturated carbocycles. The molecule has 5 heterocycles. The molecule has 3 aliphatic rings. The predicted octanol–water partition coefficient (Wildman–Crippen LogP) is 1.25. The number of nitrogens with one attached hydrogen (secondary N) is 1. The first-order valence-electron chi connectivity index (χ1n) is 11.4. The van der Waals surface area contributed by atoms with Crippen LogP contribution in [0.3, 0.4) is 0 Å². The zero-order chi connectivity index (χ0) is 22.6. The monoisotopic (exact) mass is 438 g/mol. The average Bonchev–Trinajstić information content (AvgIpc) is 3.47. The first-order valence-corrected chi connectivity index (χ1v) is 11.4. The molecule has 0 radical (unpaired) electrons. The van der Waals surface area contributed by atoms with Crippen LogP contribution in [0.25, 0.3) is 0 Å². The molecule has 2 aromatic rings. The molecule has 3 amide bonds. The van der Waals surface area contributed by atoms with E-state index in [1.54, 1.807) is 20.1 Å². The molecule has 0 bridgehead atoms. The third-order valence-corrected chi connectivity index (χ3v) is 7.11. The summed E-state index contributed by atoms with van der Waals surface area (Å²) in [6, 6.07) is 3.69. The van der Waals surface area contributed by atoms with Gasteiger partial charge in [0, 0.05) is 57.3 Å². The van der Waals surface area contributed by atoms with Gasteiger partial charge in [-0.15, -0.1) is 0 Å². The van der Waals surface area contributed by atoms with Crippen molar-refractivity contribution < 1.29 is 9.59 Å². The highest BCUT2D eigenvalue weighted by Crippen LogP contribution is 2.41. The zero-order valence-electron chi connectivity index (χ0n) is 18.9. The van der Waals surface area contributed by atoms with Gasteiger partial charge in [0.2, 0.25) is 0 Å². The summed E-state index contributed by atoms with van der Waals surface area (Å²) in [5.74, 6) is 0.760. The molecule has 32 heavy (non-hydrogen) atoms. The van der Waals surface area contributed by atoms with E-state index in [1.165, 1.54) is 0 Å². The summed E-state index contributed by atoms with van der Waals surface area (Å²) in [5, 5.41) is 2.97. The van der Waals surface area contributed by atoms with Gasteiger partial charge in [-0.3, -0.25) is 14.2 Å². The number of hydrogen-bond acceptors (Lipinski definition) is 4. The van der Waals surface area contributed by atoms with Gasteiger partial charge in [-0.05, 0) is 38.8 Å². The molecule has 5 rings (SSSR count). The fourth-order valence-electron chi connectivity index (χ4n) is 5.35. The molecule has 1 spiro atoms. The fraction of sp³-hybridized carbons (Fsp3) is 0.565. The third kappa shape index (κ3) is 3.22. The second kappa shape index (κ2) is 7.50. The lowest BCUT2D eigenvalue weighted by atomic mass is 9.85. The number of hydrogen-bond donors (Lipinski definition) is 1. The van der Waals surface area contributed by atoms with E-state index in [0.717, 1.165) is 24.4 Å². The predicted molar refractivity (Wildman–Crippen MR) is 119 cm³/mol.